The minimum atomic E-state index is 0.0696. The van der Waals surface area contributed by atoms with Crippen molar-refractivity contribution in [3.05, 3.63) is 41.2 Å². The van der Waals surface area contributed by atoms with Gasteiger partial charge in [-0.15, -0.1) is 0 Å². The number of hydrogen-bond donors (Lipinski definition) is 1. The lowest BCUT2D eigenvalue weighted by molar-refractivity contribution is 0.169. The van der Waals surface area contributed by atoms with Crippen LogP contribution in [0.25, 0.3) is 0 Å². The molecule has 0 aliphatic carbocycles. The van der Waals surface area contributed by atoms with Crippen LogP contribution in [0.15, 0.2) is 30.0 Å². The lowest BCUT2D eigenvalue weighted by atomic mass is 10.00. The highest BCUT2D eigenvalue weighted by Crippen LogP contribution is 2.32. The summed E-state index contributed by atoms with van der Waals surface area (Å²) >= 11 is 0. The molecule has 3 heteroatoms. The van der Waals surface area contributed by atoms with E-state index in [2.05, 4.69) is 30.4 Å². The number of benzene rings is 1. The summed E-state index contributed by atoms with van der Waals surface area (Å²) in [6.07, 6.45) is 4.36. The summed E-state index contributed by atoms with van der Waals surface area (Å²) in [5.74, 6) is 1.91. The quantitative estimate of drug-likeness (QED) is 0.887. The first-order valence-electron chi connectivity index (χ1n) is 6.41. The zero-order chi connectivity index (χ0) is 13.0. The van der Waals surface area contributed by atoms with Crippen LogP contribution >= 0.6 is 0 Å². The predicted molar refractivity (Wildman–Crippen MR) is 72.8 cm³/mol. The fraction of sp³-hybridized carbons (Fsp3) is 0.467. The molecular weight excluding hydrogens is 226 g/mol. The van der Waals surface area contributed by atoms with Gasteiger partial charge in [0.15, 0.2) is 0 Å². The van der Waals surface area contributed by atoms with E-state index in [1.54, 1.807) is 7.11 Å². The maximum absolute atomic E-state index is 5.77. The fourth-order valence-corrected chi connectivity index (χ4v) is 2.31. The second kappa shape index (κ2) is 5.91. The van der Waals surface area contributed by atoms with Gasteiger partial charge in [-0.2, -0.15) is 0 Å². The van der Waals surface area contributed by atoms with E-state index < -0.39 is 0 Å². The maximum Gasteiger partial charge on any atom is 0.124 e. The average Bonchev–Trinajstić information content (AvgIpc) is 2.41. The van der Waals surface area contributed by atoms with Gasteiger partial charge >= 0.3 is 0 Å². The van der Waals surface area contributed by atoms with Crippen molar-refractivity contribution in [3.63, 3.8) is 0 Å². The molecular formula is C15H21NO2. The van der Waals surface area contributed by atoms with E-state index in [1.807, 2.05) is 13.1 Å². The van der Waals surface area contributed by atoms with Crippen LogP contribution in [-0.4, -0.2) is 20.8 Å². The SMILES string of the molecule is CNC(C1=CCCCO1)c1cc(C)ccc1OC. The third kappa shape index (κ3) is 2.67. The van der Waals surface area contributed by atoms with Crippen LogP contribution in [0.3, 0.4) is 0 Å². The number of likely N-dealkylation sites (N-methyl/N-ethyl adjacent to an activating group) is 1. The van der Waals surface area contributed by atoms with Gasteiger partial charge in [0.25, 0.3) is 0 Å². The van der Waals surface area contributed by atoms with Gasteiger partial charge in [0, 0.05) is 5.56 Å². The first kappa shape index (κ1) is 13.0. The third-order valence-corrected chi connectivity index (χ3v) is 3.23. The summed E-state index contributed by atoms with van der Waals surface area (Å²) in [5, 5.41) is 3.32. The van der Waals surface area contributed by atoms with Crippen LogP contribution in [0.1, 0.15) is 30.0 Å². The zero-order valence-electron chi connectivity index (χ0n) is 11.3. The van der Waals surface area contributed by atoms with Gasteiger partial charge in [0.1, 0.15) is 11.5 Å². The summed E-state index contributed by atoms with van der Waals surface area (Å²) < 4.78 is 11.2. The van der Waals surface area contributed by atoms with Gasteiger partial charge in [-0.25, -0.2) is 0 Å². The van der Waals surface area contributed by atoms with E-state index in [0.29, 0.717) is 0 Å². The molecule has 0 aromatic heterocycles. The molecule has 18 heavy (non-hydrogen) atoms. The van der Waals surface area contributed by atoms with Crippen LogP contribution in [-0.2, 0) is 4.74 Å². The molecule has 0 amide bonds. The highest BCUT2D eigenvalue weighted by atomic mass is 16.5. The maximum atomic E-state index is 5.77. The lowest BCUT2D eigenvalue weighted by Crippen LogP contribution is -2.22. The Morgan fingerprint density at radius 2 is 2.22 bits per heavy atom. The van der Waals surface area contributed by atoms with Crippen LogP contribution in [0.4, 0.5) is 0 Å². The summed E-state index contributed by atoms with van der Waals surface area (Å²) in [4.78, 5) is 0. The van der Waals surface area contributed by atoms with Gasteiger partial charge < -0.3 is 14.8 Å². The second-order valence-corrected chi connectivity index (χ2v) is 4.56. The Labute approximate surface area is 109 Å². The molecule has 0 bridgehead atoms. The Bertz CT molecular complexity index is 440. The molecule has 1 aromatic carbocycles. The van der Waals surface area contributed by atoms with E-state index >= 15 is 0 Å². The summed E-state index contributed by atoms with van der Waals surface area (Å²) in [5.41, 5.74) is 2.36. The van der Waals surface area contributed by atoms with Crippen molar-refractivity contribution in [2.75, 3.05) is 20.8 Å². The van der Waals surface area contributed by atoms with Crippen LogP contribution < -0.4 is 10.1 Å². The second-order valence-electron chi connectivity index (χ2n) is 4.56. The van der Waals surface area contributed by atoms with Crippen LogP contribution in [0, 0.1) is 6.92 Å². The Kier molecular flexibility index (Phi) is 4.26. The molecule has 0 spiro atoms. The van der Waals surface area contributed by atoms with E-state index in [1.165, 1.54) is 5.56 Å². The number of rotatable bonds is 4. The van der Waals surface area contributed by atoms with Crippen molar-refractivity contribution in [2.45, 2.75) is 25.8 Å². The number of hydrogen-bond acceptors (Lipinski definition) is 3. The van der Waals surface area contributed by atoms with Gasteiger partial charge in [0.05, 0.1) is 19.8 Å². The van der Waals surface area contributed by atoms with Crippen molar-refractivity contribution in [2.24, 2.45) is 0 Å². The van der Waals surface area contributed by atoms with Crippen LogP contribution in [0.5, 0.6) is 5.75 Å². The highest BCUT2D eigenvalue weighted by molar-refractivity contribution is 5.42. The van der Waals surface area contributed by atoms with Gasteiger partial charge in [0.2, 0.25) is 0 Å². The van der Waals surface area contributed by atoms with Crippen LogP contribution in [0.2, 0.25) is 0 Å². The van der Waals surface area contributed by atoms with E-state index in [4.69, 9.17) is 9.47 Å². The van der Waals surface area contributed by atoms with Crippen molar-refractivity contribution in [1.82, 2.24) is 5.32 Å². The van der Waals surface area contributed by atoms with E-state index in [0.717, 1.165) is 36.5 Å². The molecule has 1 unspecified atom stereocenters. The molecule has 1 aromatic rings. The highest BCUT2D eigenvalue weighted by Gasteiger charge is 2.21. The summed E-state index contributed by atoms with van der Waals surface area (Å²) in [6, 6.07) is 6.29. The zero-order valence-corrected chi connectivity index (χ0v) is 11.3. The van der Waals surface area contributed by atoms with Gasteiger partial charge in [-0.3, -0.25) is 0 Å². The topological polar surface area (TPSA) is 30.5 Å². The minimum Gasteiger partial charge on any atom is -0.496 e. The molecule has 98 valence electrons. The normalized spacial score (nSPS) is 16.7. The Balaban J connectivity index is 2.37. The molecule has 1 atom stereocenters. The summed E-state index contributed by atoms with van der Waals surface area (Å²) in [7, 11) is 3.66. The number of methoxy groups -OCH3 is 1. The molecule has 0 fully saturated rings. The van der Waals surface area contributed by atoms with E-state index in [-0.39, 0.29) is 6.04 Å². The number of ether oxygens (including phenoxy) is 2. The molecule has 0 saturated carbocycles. The molecule has 3 nitrogen and oxygen atoms in total. The molecule has 0 saturated heterocycles. The Morgan fingerprint density at radius 3 is 2.83 bits per heavy atom. The standard InChI is InChI=1S/C15H21NO2/c1-11-7-8-13(17-3)12(10-11)15(16-2)14-6-4-5-9-18-14/h6-8,10,15-16H,4-5,9H2,1-3H3. The molecule has 1 aliphatic heterocycles. The number of nitrogens with one attached hydrogen (secondary N) is 1. The average molecular weight is 247 g/mol. The first-order chi connectivity index (χ1) is 8.76. The fourth-order valence-electron chi connectivity index (χ4n) is 2.31. The van der Waals surface area contributed by atoms with Crippen molar-refractivity contribution in [3.8, 4) is 5.75 Å². The number of aryl methyl sites for hydroxylation is 1. The van der Waals surface area contributed by atoms with Gasteiger partial charge in [-0.05, 0) is 39.0 Å². The minimum absolute atomic E-state index is 0.0696. The molecule has 1 aliphatic rings. The van der Waals surface area contributed by atoms with Crippen molar-refractivity contribution in [1.29, 1.82) is 0 Å². The van der Waals surface area contributed by atoms with Crippen molar-refractivity contribution < 1.29 is 9.47 Å². The first-order valence-corrected chi connectivity index (χ1v) is 6.41. The molecule has 0 radical (unpaired) electrons. The van der Waals surface area contributed by atoms with E-state index in [9.17, 15) is 0 Å². The largest absolute Gasteiger partial charge is 0.496 e. The van der Waals surface area contributed by atoms with Gasteiger partial charge in [-0.1, -0.05) is 17.7 Å². The molecule has 1 N–H and O–H groups in total. The predicted octanol–water partition coefficient (Wildman–Crippen LogP) is 2.96. The summed E-state index contributed by atoms with van der Waals surface area (Å²) in [6.45, 7) is 2.89. The smallest absolute Gasteiger partial charge is 0.124 e. The number of allylic oxidation sites excluding steroid dienone is 1. The molecule has 1 heterocycles. The van der Waals surface area contributed by atoms with Crippen molar-refractivity contribution >= 4 is 0 Å². The third-order valence-electron chi connectivity index (χ3n) is 3.23. The molecule has 2 rings (SSSR count). The Morgan fingerprint density at radius 1 is 1.39 bits per heavy atom. The Hall–Kier alpha value is -1.48. The lowest BCUT2D eigenvalue weighted by Gasteiger charge is -2.25. The monoisotopic (exact) mass is 247 g/mol.